The first-order valence-electron chi connectivity index (χ1n) is 12.8. The van der Waals surface area contributed by atoms with Crippen LogP contribution in [-0.2, 0) is 16.0 Å². The molecule has 0 bridgehead atoms. The highest BCUT2D eigenvalue weighted by atomic mass is 16.5. The summed E-state index contributed by atoms with van der Waals surface area (Å²) in [6.45, 7) is 7.84. The van der Waals surface area contributed by atoms with E-state index in [1.807, 2.05) is 31.2 Å². The number of carbonyl (C=O) groups excluding carboxylic acids is 2. The number of Topliss-reactive ketones (excluding diaryl/α,β-unsaturated/α-hetero) is 2. The molecule has 184 valence electrons. The zero-order chi connectivity index (χ0) is 25.6. The van der Waals surface area contributed by atoms with E-state index in [1.165, 1.54) is 5.56 Å². The van der Waals surface area contributed by atoms with Crippen LogP contribution >= 0.6 is 0 Å². The van der Waals surface area contributed by atoms with Crippen molar-refractivity contribution in [2.45, 2.75) is 52.4 Å². The molecule has 3 aromatic rings. The Bertz CT molecular complexity index is 1410. The number of ether oxygens (including phenoxy) is 1. The number of rotatable bonds is 6. The fourth-order valence-electron chi connectivity index (χ4n) is 6.09. The van der Waals surface area contributed by atoms with E-state index in [0.717, 1.165) is 27.6 Å². The first-order valence-corrected chi connectivity index (χ1v) is 12.8. The Kier molecular flexibility index (Phi) is 6.38. The van der Waals surface area contributed by atoms with Crippen LogP contribution < -0.4 is 4.74 Å². The van der Waals surface area contributed by atoms with Crippen LogP contribution in [0.3, 0.4) is 0 Å². The van der Waals surface area contributed by atoms with Gasteiger partial charge in [-0.2, -0.15) is 0 Å². The molecule has 0 aromatic heterocycles. The van der Waals surface area contributed by atoms with Gasteiger partial charge >= 0.3 is 0 Å². The van der Waals surface area contributed by atoms with Gasteiger partial charge in [-0.25, -0.2) is 0 Å². The van der Waals surface area contributed by atoms with E-state index in [9.17, 15) is 9.59 Å². The minimum atomic E-state index is -0.452. The minimum Gasteiger partial charge on any atom is -0.496 e. The zero-order valence-electron chi connectivity index (χ0n) is 21.7. The second-order valence-corrected chi connectivity index (χ2v) is 10.4. The van der Waals surface area contributed by atoms with E-state index >= 15 is 0 Å². The van der Waals surface area contributed by atoms with Gasteiger partial charge in [-0.15, -0.1) is 0 Å². The molecule has 3 atom stereocenters. The van der Waals surface area contributed by atoms with Gasteiger partial charge < -0.3 is 4.74 Å². The Labute approximate surface area is 213 Å². The van der Waals surface area contributed by atoms with Crippen molar-refractivity contribution in [1.82, 2.24) is 0 Å². The Morgan fingerprint density at radius 1 is 1.03 bits per heavy atom. The summed E-state index contributed by atoms with van der Waals surface area (Å²) in [5.74, 6) is 0.293. The third kappa shape index (κ3) is 4.09. The number of benzene rings is 3. The second kappa shape index (κ2) is 9.50. The molecule has 2 aliphatic rings. The Hall–Kier alpha value is -3.53. The summed E-state index contributed by atoms with van der Waals surface area (Å²) >= 11 is 0. The highest BCUT2D eigenvalue weighted by Gasteiger charge is 2.49. The van der Waals surface area contributed by atoms with Gasteiger partial charge in [-0.1, -0.05) is 68.4 Å². The molecular weight excluding hydrogens is 446 g/mol. The summed E-state index contributed by atoms with van der Waals surface area (Å²) in [5.41, 5.74) is 5.59. The lowest BCUT2D eigenvalue weighted by Crippen LogP contribution is -2.32. The maximum Gasteiger partial charge on any atom is 0.158 e. The van der Waals surface area contributed by atoms with Crippen LogP contribution in [0.5, 0.6) is 5.75 Å². The summed E-state index contributed by atoms with van der Waals surface area (Å²) < 4.78 is 5.82. The van der Waals surface area contributed by atoms with E-state index in [1.54, 1.807) is 14.0 Å². The fraction of sp³-hybridized carbons (Fsp3) is 0.344. The molecule has 5 rings (SSSR count). The first-order chi connectivity index (χ1) is 17.3. The third-order valence-corrected chi connectivity index (χ3v) is 7.84. The lowest BCUT2D eigenvalue weighted by molar-refractivity contribution is -0.123. The predicted octanol–water partition coefficient (Wildman–Crippen LogP) is 6.82. The quantitative estimate of drug-likeness (QED) is 0.390. The Morgan fingerprint density at radius 3 is 2.42 bits per heavy atom. The molecule has 1 aliphatic carbocycles. The highest BCUT2D eigenvalue weighted by Crippen LogP contribution is 2.50. The topological polar surface area (TPSA) is 55.7 Å². The summed E-state index contributed by atoms with van der Waals surface area (Å²) in [4.78, 5) is 31.9. The molecule has 3 aromatic carbocycles. The normalized spacial score (nSPS) is 21.7. The summed E-state index contributed by atoms with van der Waals surface area (Å²) in [5, 5.41) is 2.07. The van der Waals surface area contributed by atoms with E-state index in [2.05, 4.69) is 50.2 Å². The average Bonchev–Trinajstić information content (AvgIpc) is 3.16. The number of methoxy groups -OCH3 is 1. The van der Waals surface area contributed by atoms with Gasteiger partial charge in [-0.3, -0.25) is 14.6 Å². The monoisotopic (exact) mass is 479 g/mol. The van der Waals surface area contributed by atoms with Crippen molar-refractivity contribution >= 4 is 28.1 Å². The van der Waals surface area contributed by atoms with Crippen LogP contribution in [0, 0.1) is 11.8 Å². The van der Waals surface area contributed by atoms with E-state index < -0.39 is 11.8 Å². The van der Waals surface area contributed by atoms with Gasteiger partial charge in [0, 0.05) is 34.4 Å². The van der Waals surface area contributed by atoms with Crippen LogP contribution in [-0.4, -0.2) is 24.4 Å². The first kappa shape index (κ1) is 24.2. The van der Waals surface area contributed by atoms with Crippen LogP contribution in [0.25, 0.3) is 10.8 Å². The van der Waals surface area contributed by atoms with E-state index in [-0.39, 0.29) is 17.5 Å². The van der Waals surface area contributed by atoms with Crippen molar-refractivity contribution in [3.8, 4) is 5.75 Å². The van der Waals surface area contributed by atoms with Gasteiger partial charge in [0.05, 0.1) is 13.0 Å². The summed E-state index contributed by atoms with van der Waals surface area (Å²) in [6, 6.07) is 20.7. The van der Waals surface area contributed by atoms with Crippen molar-refractivity contribution < 1.29 is 14.3 Å². The fourth-order valence-corrected chi connectivity index (χ4v) is 6.09. The Morgan fingerprint density at radius 2 is 1.75 bits per heavy atom. The van der Waals surface area contributed by atoms with Gasteiger partial charge in [0.2, 0.25) is 0 Å². The molecule has 36 heavy (non-hydrogen) atoms. The third-order valence-electron chi connectivity index (χ3n) is 7.84. The lowest BCUT2D eigenvalue weighted by Gasteiger charge is -2.31. The summed E-state index contributed by atoms with van der Waals surface area (Å²) in [7, 11) is 1.65. The summed E-state index contributed by atoms with van der Waals surface area (Å²) in [6.07, 6.45) is 1.31. The largest absolute Gasteiger partial charge is 0.496 e. The maximum atomic E-state index is 14.1. The molecule has 1 heterocycles. The van der Waals surface area contributed by atoms with Gasteiger partial charge in [0.1, 0.15) is 11.5 Å². The predicted molar refractivity (Wildman–Crippen MR) is 145 cm³/mol. The van der Waals surface area contributed by atoms with Crippen LogP contribution in [0.2, 0.25) is 0 Å². The van der Waals surface area contributed by atoms with Gasteiger partial charge in [0.15, 0.2) is 5.78 Å². The zero-order valence-corrected chi connectivity index (χ0v) is 21.7. The molecule has 1 aliphatic heterocycles. The smallest absolute Gasteiger partial charge is 0.158 e. The maximum absolute atomic E-state index is 14.1. The molecule has 0 amide bonds. The van der Waals surface area contributed by atoms with Crippen LogP contribution in [0.1, 0.15) is 62.6 Å². The number of aliphatic imine (C=N–C) groups is 1. The van der Waals surface area contributed by atoms with Crippen LogP contribution in [0.15, 0.2) is 76.9 Å². The standard InChI is InChI=1S/C32H33NO3/c1-18(2)22-12-10-21(11-13-22)16-24-17-26-30(32(24)35)31(28(20(4)34)19(3)33-26)29-25-9-7-6-8-23(25)14-15-27(29)36-5/h6-15,18,24,30-31H,16-17H2,1-5H3. The molecule has 3 unspecified atom stereocenters. The molecule has 0 saturated heterocycles. The average molecular weight is 480 g/mol. The van der Waals surface area contributed by atoms with Crippen molar-refractivity contribution in [1.29, 1.82) is 0 Å². The number of carbonyl (C=O) groups is 2. The molecule has 4 nitrogen and oxygen atoms in total. The Balaban J connectivity index is 1.60. The van der Waals surface area contributed by atoms with Crippen molar-refractivity contribution in [3.63, 3.8) is 0 Å². The van der Waals surface area contributed by atoms with Gasteiger partial charge in [0.25, 0.3) is 0 Å². The van der Waals surface area contributed by atoms with Crippen molar-refractivity contribution in [2.75, 3.05) is 7.11 Å². The van der Waals surface area contributed by atoms with Crippen molar-refractivity contribution in [2.24, 2.45) is 16.8 Å². The highest BCUT2D eigenvalue weighted by molar-refractivity contribution is 6.17. The SMILES string of the molecule is COc1ccc2ccccc2c1C1C(C(C)=O)=C(C)N=C2CC(Cc3ccc(C(C)C)cc3)C(=O)C21. The molecule has 1 saturated carbocycles. The molecule has 0 spiro atoms. The number of hydrogen-bond acceptors (Lipinski definition) is 4. The second-order valence-electron chi connectivity index (χ2n) is 10.4. The molecular formula is C32H33NO3. The number of hydrogen-bond donors (Lipinski definition) is 0. The van der Waals surface area contributed by atoms with Crippen LogP contribution in [0.4, 0.5) is 0 Å². The molecule has 1 fully saturated rings. The van der Waals surface area contributed by atoms with E-state index in [4.69, 9.17) is 9.73 Å². The molecule has 0 N–H and O–H groups in total. The minimum absolute atomic E-state index is 0.0455. The number of ketones is 2. The van der Waals surface area contributed by atoms with Crippen molar-refractivity contribution in [3.05, 3.63) is 88.6 Å². The molecule has 0 radical (unpaired) electrons. The molecule has 4 heteroatoms. The van der Waals surface area contributed by atoms with E-state index in [0.29, 0.717) is 35.8 Å². The number of fused-ring (bicyclic) bond motifs is 2. The number of allylic oxidation sites excluding steroid dienone is 2. The van der Waals surface area contributed by atoms with Gasteiger partial charge in [-0.05, 0) is 60.6 Å². The number of nitrogens with zero attached hydrogens (tertiary/aromatic N) is 1. The lowest BCUT2D eigenvalue weighted by atomic mass is 9.73.